The molecule has 3 heterocycles. The van der Waals surface area contributed by atoms with Gasteiger partial charge < -0.3 is 13.6 Å². The topological polar surface area (TPSA) is 23.0 Å². The zero-order valence-electron chi connectivity index (χ0n) is 25.3. The molecule has 8 aromatic carbocycles. The fourth-order valence-electron chi connectivity index (χ4n) is 8.10. The lowest BCUT2D eigenvalue weighted by atomic mass is 10.00. The molecule has 3 nitrogen and oxygen atoms in total. The molecule has 0 aliphatic heterocycles. The average Bonchev–Trinajstić information content (AvgIpc) is 3.78. The first kappa shape index (κ1) is 24.9. The van der Waals surface area contributed by atoms with Gasteiger partial charge in [0.05, 0.1) is 33.1 Å². The van der Waals surface area contributed by atoms with Crippen molar-refractivity contribution in [1.82, 2.24) is 9.13 Å². The van der Waals surface area contributed by atoms with E-state index < -0.39 is 0 Å². The Hall–Kier alpha value is -6.32. The molecule has 0 amide bonds. The van der Waals surface area contributed by atoms with Gasteiger partial charge in [-0.3, -0.25) is 0 Å². The maximum atomic E-state index is 6.40. The monoisotopic (exact) mass is 598 g/mol. The van der Waals surface area contributed by atoms with Crippen LogP contribution in [-0.2, 0) is 0 Å². The predicted molar refractivity (Wildman–Crippen MR) is 197 cm³/mol. The lowest BCUT2D eigenvalue weighted by Gasteiger charge is -2.14. The molecule has 0 fully saturated rings. The van der Waals surface area contributed by atoms with Crippen LogP contribution in [0.4, 0.5) is 0 Å². The third-order valence-corrected chi connectivity index (χ3v) is 10.1. The molecule has 218 valence electrons. The van der Waals surface area contributed by atoms with Crippen LogP contribution in [0.3, 0.4) is 0 Å². The van der Waals surface area contributed by atoms with Crippen molar-refractivity contribution in [2.75, 3.05) is 0 Å². The van der Waals surface area contributed by atoms with Crippen molar-refractivity contribution in [1.29, 1.82) is 0 Å². The van der Waals surface area contributed by atoms with Crippen LogP contribution in [0, 0.1) is 0 Å². The van der Waals surface area contributed by atoms with E-state index in [1.807, 2.05) is 6.07 Å². The minimum absolute atomic E-state index is 0.904. The van der Waals surface area contributed by atoms with E-state index >= 15 is 0 Å². The van der Waals surface area contributed by atoms with E-state index in [-0.39, 0.29) is 0 Å². The van der Waals surface area contributed by atoms with E-state index in [4.69, 9.17) is 4.42 Å². The molecule has 0 saturated carbocycles. The largest absolute Gasteiger partial charge is 0.456 e. The standard InChI is InChI=1S/C44H26N2O/c1-2-13-28(14-3-1)45-39-26-40-35(25-36(39)33-22-23-42-43(44(33)45)34-19-9-11-21-41(34)47-42)32-18-8-10-20-37(32)46(40)38-24-27-12-4-5-15-29(27)30-16-6-7-17-31(30)38/h1-26H. The van der Waals surface area contributed by atoms with Crippen LogP contribution in [0.1, 0.15) is 0 Å². The normalized spacial score (nSPS) is 12.3. The van der Waals surface area contributed by atoms with E-state index in [0.29, 0.717) is 0 Å². The fraction of sp³-hybridized carbons (Fsp3) is 0. The van der Waals surface area contributed by atoms with Gasteiger partial charge in [-0.25, -0.2) is 0 Å². The molecule has 0 bridgehead atoms. The van der Waals surface area contributed by atoms with Crippen LogP contribution in [0.15, 0.2) is 162 Å². The number of para-hydroxylation sites is 3. The summed E-state index contributed by atoms with van der Waals surface area (Å²) >= 11 is 0. The second kappa shape index (κ2) is 9.12. The van der Waals surface area contributed by atoms with Gasteiger partial charge in [-0.2, -0.15) is 0 Å². The van der Waals surface area contributed by atoms with E-state index in [2.05, 4.69) is 161 Å². The summed E-state index contributed by atoms with van der Waals surface area (Å²) < 4.78 is 11.3. The second-order valence-electron chi connectivity index (χ2n) is 12.5. The van der Waals surface area contributed by atoms with E-state index in [1.165, 1.54) is 70.8 Å². The summed E-state index contributed by atoms with van der Waals surface area (Å²) in [6.07, 6.45) is 0. The summed E-state index contributed by atoms with van der Waals surface area (Å²) in [4.78, 5) is 0. The fourth-order valence-corrected chi connectivity index (χ4v) is 8.10. The third-order valence-electron chi connectivity index (χ3n) is 10.1. The van der Waals surface area contributed by atoms with E-state index in [0.717, 1.165) is 27.6 Å². The summed E-state index contributed by atoms with van der Waals surface area (Å²) in [6, 6.07) is 57.1. The molecule has 0 N–H and O–H groups in total. The Morgan fingerprint density at radius 3 is 1.89 bits per heavy atom. The van der Waals surface area contributed by atoms with E-state index in [1.54, 1.807) is 0 Å². The molecule has 0 spiro atoms. The van der Waals surface area contributed by atoms with Crippen molar-refractivity contribution in [3.63, 3.8) is 0 Å². The zero-order chi connectivity index (χ0) is 30.6. The van der Waals surface area contributed by atoms with Crippen LogP contribution in [-0.4, -0.2) is 9.13 Å². The number of nitrogens with zero attached hydrogens (tertiary/aromatic N) is 2. The van der Waals surface area contributed by atoms with Crippen LogP contribution in [0.2, 0.25) is 0 Å². The van der Waals surface area contributed by atoms with Crippen LogP contribution < -0.4 is 0 Å². The highest BCUT2D eigenvalue weighted by Crippen LogP contribution is 2.44. The van der Waals surface area contributed by atoms with Gasteiger partial charge in [-0.15, -0.1) is 0 Å². The SMILES string of the molecule is c1ccc(-n2c3cc4c(cc3c3ccc5oc6ccccc6c5c32)c2ccccc2n4-c2cc3ccccc3c3ccccc23)cc1. The van der Waals surface area contributed by atoms with Crippen LogP contribution >= 0.6 is 0 Å². The lowest BCUT2D eigenvalue weighted by molar-refractivity contribution is 0.669. The second-order valence-corrected chi connectivity index (χ2v) is 12.5. The van der Waals surface area contributed by atoms with Gasteiger partial charge in [0.15, 0.2) is 0 Å². The molecule has 0 atom stereocenters. The number of furan rings is 1. The lowest BCUT2D eigenvalue weighted by Crippen LogP contribution is -1.97. The number of benzene rings is 8. The molecule has 3 heteroatoms. The Labute approximate surface area is 269 Å². The highest BCUT2D eigenvalue weighted by atomic mass is 16.3. The first-order valence-corrected chi connectivity index (χ1v) is 16.1. The number of hydrogen-bond acceptors (Lipinski definition) is 1. The van der Waals surface area contributed by atoms with Crippen molar-refractivity contribution in [3.8, 4) is 11.4 Å². The number of aromatic nitrogens is 2. The maximum absolute atomic E-state index is 6.40. The molecule has 11 aromatic rings. The first-order chi connectivity index (χ1) is 23.3. The molecule has 0 aliphatic carbocycles. The van der Waals surface area contributed by atoms with Gasteiger partial charge in [-0.05, 0) is 70.8 Å². The average molecular weight is 599 g/mol. The number of rotatable bonds is 2. The molecular weight excluding hydrogens is 572 g/mol. The van der Waals surface area contributed by atoms with Gasteiger partial charge in [0.25, 0.3) is 0 Å². The van der Waals surface area contributed by atoms with E-state index in [9.17, 15) is 0 Å². The predicted octanol–water partition coefficient (Wildman–Crippen LogP) is 12.1. The molecule has 0 unspecified atom stereocenters. The summed E-state index contributed by atoms with van der Waals surface area (Å²) in [5, 5.41) is 12.2. The minimum atomic E-state index is 0.904. The van der Waals surface area contributed by atoms with Crippen molar-refractivity contribution < 1.29 is 4.42 Å². The molecule has 3 aromatic heterocycles. The Bertz CT molecular complexity index is 3070. The maximum Gasteiger partial charge on any atom is 0.137 e. The summed E-state index contributed by atoms with van der Waals surface area (Å²) in [7, 11) is 0. The summed E-state index contributed by atoms with van der Waals surface area (Å²) in [5.41, 5.74) is 8.87. The first-order valence-electron chi connectivity index (χ1n) is 16.1. The summed E-state index contributed by atoms with van der Waals surface area (Å²) in [6.45, 7) is 0. The Morgan fingerprint density at radius 2 is 1.02 bits per heavy atom. The van der Waals surface area contributed by atoms with Gasteiger partial charge in [0.2, 0.25) is 0 Å². The zero-order valence-corrected chi connectivity index (χ0v) is 25.3. The molecule has 0 aliphatic rings. The van der Waals surface area contributed by atoms with Gasteiger partial charge in [0, 0.05) is 38.0 Å². The Morgan fingerprint density at radius 1 is 0.362 bits per heavy atom. The smallest absolute Gasteiger partial charge is 0.137 e. The number of fused-ring (bicyclic) bond motifs is 13. The highest BCUT2D eigenvalue weighted by Gasteiger charge is 2.22. The number of hydrogen-bond donors (Lipinski definition) is 0. The molecule has 47 heavy (non-hydrogen) atoms. The van der Waals surface area contributed by atoms with Gasteiger partial charge in [-0.1, -0.05) is 103 Å². The quantitative estimate of drug-likeness (QED) is 0.182. The van der Waals surface area contributed by atoms with Gasteiger partial charge >= 0.3 is 0 Å². The molecule has 11 rings (SSSR count). The Balaban J connectivity index is 1.37. The molecule has 0 saturated heterocycles. The summed E-state index contributed by atoms with van der Waals surface area (Å²) in [5.74, 6) is 0. The van der Waals surface area contributed by atoms with Crippen molar-refractivity contribution in [2.45, 2.75) is 0 Å². The van der Waals surface area contributed by atoms with Gasteiger partial charge in [0.1, 0.15) is 11.2 Å². The van der Waals surface area contributed by atoms with Crippen molar-refractivity contribution in [2.24, 2.45) is 0 Å². The van der Waals surface area contributed by atoms with Crippen molar-refractivity contribution in [3.05, 3.63) is 158 Å². The van der Waals surface area contributed by atoms with Crippen molar-refractivity contribution >= 4 is 87.1 Å². The highest BCUT2D eigenvalue weighted by molar-refractivity contribution is 6.27. The Kier molecular flexibility index (Phi) is 4.84. The van der Waals surface area contributed by atoms with Crippen LogP contribution in [0.5, 0.6) is 0 Å². The third kappa shape index (κ3) is 3.30. The molecule has 0 radical (unpaired) electrons. The molecular formula is C44H26N2O. The minimum Gasteiger partial charge on any atom is -0.456 e. The van der Waals surface area contributed by atoms with Crippen LogP contribution in [0.25, 0.3) is 98.5 Å².